The van der Waals surface area contributed by atoms with Gasteiger partial charge in [0.25, 0.3) is 0 Å². The molecule has 0 aromatic carbocycles. The van der Waals surface area contributed by atoms with Gasteiger partial charge in [-0.1, -0.05) is 45.2 Å². The van der Waals surface area contributed by atoms with Gasteiger partial charge in [0.05, 0.1) is 0 Å². The van der Waals surface area contributed by atoms with Crippen molar-refractivity contribution in [1.82, 2.24) is 4.90 Å². The van der Waals surface area contributed by atoms with E-state index in [0.717, 1.165) is 19.6 Å². The van der Waals surface area contributed by atoms with Crippen LogP contribution in [0.4, 0.5) is 0 Å². The molecule has 0 spiro atoms. The van der Waals surface area contributed by atoms with Crippen LogP contribution in [0.2, 0.25) is 0 Å². The molecular formula is C13H29N3O. The Hall–Kier alpha value is -0.770. The Balaban J connectivity index is 3.87. The highest BCUT2D eigenvalue weighted by molar-refractivity contribution is 5.79. The Morgan fingerprint density at radius 2 is 1.94 bits per heavy atom. The van der Waals surface area contributed by atoms with E-state index < -0.39 is 0 Å². The molecule has 102 valence electrons. The fraction of sp³-hybridized carbons (Fsp3) is 0.923. The third kappa shape index (κ3) is 10.1. The van der Waals surface area contributed by atoms with Gasteiger partial charge in [0, 0.05) is 19.5 Å². The molecule has 0 aromatic heterocycles. The van der Waals surface area contributed by atoms with Crippen LogP contribution in [-0.4, -0.2) is 35.6 Å². The first kappa shape index (κ1) is 16.2. The summed E-state index contributed by atoms with van der Waals surface area (Å²) in [5, 5.41) is 11.5. The molecule has 0 unspecified atom stereocenters. The smallest absolute Gasteiger partial charge is 0.140 e. The van der Waals surface area contributed by atoms with Gasteiger partial charge in [0.2, 0.25) is 0 Å². The average Bonchev–Trinajstić information content (AvgIpc) is 2.30. The molecule has 0 aromatic rings. The van der Waals surface area contributed by atoms with Crippen LogP contribution in [0.25, 0.3) is 0 Å². The Kier molecular flexibility index (Phi) is 9.92. The first-order chi connectivity index (χ1) is 8.10. The fourth-order valence-corrected chi connectivity index (χ4v) is 1.90. The standard InChI is InChI=1S/C13H29N3O/c1-4-5-6-7-9-16(11-12(2)3)10-8-13(14)15-17/h12,17H,4-11H2,1-3H3,(H2,14,15). The van der Waals surface area contributed by atoms with Crippen LogP contribution in [0.15, 0.2) is 5.16 Å². The van der Waals surface area contributed by atoms with Crippen LogP contribution < -0.4 is 5.73 Å². The second-order valence-corrected chi connectivity index (χ2v) is 5.10. The molecule has 0 saturated carbocycles. The average molecular weight is 243 g/mol. The zero-order chi connectivity index (χ0) is 13.1. The highest BCUT2D eigenvalue weighted by atomic mass is 16.4. The van der Waals surface area contributed by atoms with Gasteiger partial charge < -0.3 is 15.8 Å². The summed E-state index contributed by atoms with van der Waals surface area (Å²) in [6.45, 7) is 9.78. The van der Waals surface area contributed by atoms with Crippen molar-refractivity contribution in [1.29, 1.82) is 0 Å². The first-order valence-corrected chi connectivity index (χ1v) is 6.78. The minimum Gasteiger partial charge on any atom is -0.409 e. The third-order valence-corrected chi connectivity index (χ3v) is 2.76. The SMILES string of the molecule is CCCCCCN(CCC(N)=NO)CC(C)C. The fourth-order valence-electron chi connectivity index (χ4n) is 1.90. The summed E-state index contributed by atoms with van der Waals surface area (Å²) in [6, 6.07) is 0. The van der Waals surface area contributed by atoms with Crippen LogP contribution in [0.3, 0.4) is 0 Å². The van der Waals surface area contributed by atoms with Crippen molar-refractivity contribution >= 4 is 5.84 Å². The lowest BCUT2D eigenvalue weighted by molar-refractivity contribution is 0.243. The van der Waals surface area contributed by atoms with E-state index in [0.29, 0.717) is 18.2 Å². The lowest BCUT2D eigenvalue weighted by Crippen LogP contribution is -2.32. The van der Waals surface area contributed by atoms with E-state index in [1.165, 1.54) is 25.7 Å². The first-order valence-electron chi connectivity index (χ1n) is 6.78. The van der Waals surface area contributed by atoms with Crippen molar-refractivity contribution in [2.75, 3.05) is 19.6 Å². The van der Waals surface area contributed by atoms with Gasteiger partial charge in [0.15, 0.2) is 0 Å². The predicted octanol–water partition coefficient (Wildman–Crippen LogP) is 2.66. The van der Waals surface area contributed by atoms with E-state index in [-0.39, 0.29) is 0 Å². The molecule has 0 fully saturated rings. The molecule has 4 nitrogen and oxygen atoms in total. The summed E-state index contributed by atoms with van der Waals surface area (Å²) in [4.78, 5) is 2.42. The van der Waals surface area contributed by atoms with Gasteiger partial charge in [0.1, 0.15) is 5.84 Å². The van der Waals surface area contributed by atoms with Crippen molar-refractivity contribution < 1.29 is 5.21 Å². The maximum Gasteiger partial charge on any atom is 0.140 e. The number of hydrogen-bond donors (Lipinski definition) is 2. The van der Waals surface area contributed by atoms with E-state index in [2.05, 4.69) is 30.8 Å². The topological polar surface area (TPSA) is 61.8 Å². The van der Waals surface area contributed by atoms with Crippen molar-refractivity contribution in [3.63, 3.8) is 0 Å². The molecule has 17 heavy (non-hydrogen) atoms. The van der Waals surface area contributed by atoms with Crippen LogP contribution >= 0.6 is 0 Å². The van der Waals surface area contributed by atoms with Crippen molar-refractivity contribution in [2.45, 2.75) is 52.9 Å². The lowest BCUT2D eigenvalue weighted by atomic mass is 10.1. The molecule has 0 atom stereocenters. The highest BCUT2D eigenvalue weighted by Gasteiger charge is 2.07. The molecule has 0 amide bonds. The van der Waals surface area contributed by atoms with Gasteiger partial charge >= 0.3 is 0 Å². The summed E-state index contributed by atoms with van der Waals surface area (Å²) >= 11 is 0. The zero-order valence-electron chi connectivity index (χ0n) is 11.7. The molecule has 0 radical (unpaired) electrons. The number of amidine groups is 1. The van der Waals surface area contributed by atoms with Crippen molar-refractivity contribution in [3.05, 3.63) is 0 Å². The Morgan fingerprint density at radius 1 is 1.24 bits per heavy atom. The van der Waals surface area contributed by atoms with Crippen LogP contribution in [0, 0.1) is 5.92 Å². The number of hydrogen-bond acceptors (Lipinski definition) is 3. The van der Waals surface area contributed by atoms with Crippen LogP contribution in [0.5, 0.6) is 0 Å². The summed E-state index contributed by atoms with van der Waals surface area (Å²) in [7, 11) is 0. The van der Waals surface area contributed by atoms with E-state index in [1.807, 2.05) is 0 Å². The monoisotopic (exact) mass is 243 g/mol. The maximum atomic E-state index is 8.52. The minimum atomic E-state index is 0.326. The maximum absolute atomic E-state index is 8.52. The molecule has 0 heterocycles. The predicted molar refractivity (Wildman–Crippen MR) is 73.4 cm³/mol. The minimum absolute atomic E-state index is 0.326. The van der Waals surface area contributed by atoms with Crippen LogP contribution in [0.1, 0.15) is 52.9 Å². The molecule has 0 saturated heterocycles. The third-order valence-electron chi connectivity index (χ3n) is 2.76. The zero-order valence-corrected chi connectivity index (χ0v) is 11.7. The molecule has 0 aliphatic carbocycles. The second kappa shape index (κ2) is 10.4. The highest BCUT2D eigenvalue weighted by Crippen LogP contribution is 2.05. The van der Waals surface area contributed by atoms with Crippen molar-refractivity contribution in [3.8, 4) is 0 Å². The van der Waals surface area contributed by atoms with Gasteiger partial charge in [-0.25, -0.2) is 0 Å². The number of unbranched alkanes of at least 4 members (excludes halogenated alkanes) is 3. The van der Waals surface area contributed by atoms with Crippen LogP contribution in [-0.2, 0) is 0 Å². The van der Waals surface area contributed by atoms with Gasteiger partial charge in [-0.15, -0.1) is 0 Å². The molecule has 0 rings (SSSR count). The van der Waals surface area contributed by atoms with Gasteiger partial charge in [-0.2, -0.15) is 0 Å². The number of rotatable bonds is 10. The normalized spacial score (nSPS) is 12.6. The van der Waals surface area contributed by atoms with Gasteiger partial charge in [-0.3, -0.25) is 0 Å². The van der Waals surface area contributed by atoms with E-state index in [9.17, 15) is 0 Å². The lowest BCUT2D eigenvalue weighted by Gasteiger charge is -2.23. The number of oxime groups is 1. The summed E-state index contributed by atoms with van der Waals surface area (Å²) in [5.41, 5.74) is 5.50. The molecule has 3 N–H and O–H groups in total. The van der Waals surface area contributed by atoms with Gasteiger partial charge in [-0.05, 0) is 18.9 Å². The molecule has 0 bridgehead atoms. The van der Waals surface area contributed by atoms with E-state index in [1.54, 1.807) is 0 Å². The molecule has 4 heteroatoms. The quantitative estimate of drug-likeness (QED) is 0.204. The Bertz CT molecular complexity index is 205. The number of nitrogens with two attached hydrogens (primary N) is 1. The second-order valence-electron chi connectivity index (χ2n) is 5.10. The van der Waals surface area contributed by atoms with E-state index in [4.69, 9.17) is 10.9 Å². The molecule has 0 aliphatic heterocycles. The number of nitrogens with zero attached hydrogens (tertiary/aromatic N) is 2. The van der Waals surface area contributed by atoms with E-state index >= 15 is 0 Å². The molecular weight excluding hydrogens is 214 g/mol. The largest absolute Gasteiger partial charge is 0.409 e. The summed E-state index contributed by atoms with van der Waals surface area (Å²) in [5.74, 6) is 0.987. The summed E-state index contributed by atoms with van der Waals surface area (Å²) in [6.07, 6.45) is 5.78. The van der Waals surface area contributed by atoms with Crippen molar-refractivity contribution in [2.24, 2.45) is 16.8 Å². The Morgan fingerprint density at radius 3 is 2.47 bits per heavy atom. The molecule has 0 aliphatic rings. The summed E-state index contributed by atoms with van der Waals surface area (Å²) < 4.78 is 0. The Labute approximate surface area is 106 Å².